The zero-order valence-electron chi connectivity index (χ0n) is 8.95. The molecule has 0 spiro atoms. The number of nitrogens with zero attached hydrogens (tertiary/aromatic N) is 2. The standard InChI is InChI=1S/C11H14ClN3O/c12-9-5-6-10(15-14-9)13-11(16)7-8-3-1-2-4-8/h5-6,8H,1-4,7H2,(H,13,15,16). The van der Waals surface area contributed by atoms with E-state index in [0.717, 1.165) is 0 Å². The van der Waals surface area contributed by atoms with Crippen LogP contribution in [0.1, 0.15) is 32.1 Å². The lowest BCUT2D eigenvalue weighted by atomic mass is 10.0. The van der Waals surface area contributed by atoms with Crippen molar-refractivity contribution in [2.45, 2.75) is 32.1 Å². The second kappa shape index (κ2) is 5.25. The summed E-state index contributed by atoms with van der Waals surface area (Å²) in [6.45, 7) is 0. The minimum Gasteiger partial charge on any atom is -0.309 e. The third-order valence-corrected chi connectivity index (χ3v) is 3.05. The van der Waals surface area contributed by atoms with Gasteiger partial charge in [-0.3, -0.25) is 4.79 Å². The highest BCUT2D eigenvalue weighted by Gasteiger charge is 2.18. The Bertz CT molecular complexity index is 360. The van der Waals surface area contributed by atoms with Crippen molar-refractivity contribution in [3.05, 3.63) is 17.3 Å². The van der Waals surface area contributed by atoms with Gasteiger partial charge in [-0.05, 0) is 30.9 Å². The zero-order chi connectivity index (χ0) is 11.4. The summed E-state index contributed by atoms with van der Waals surface area (Å²) in [5.41, 5.74) is 0. The van der Waals surface area contributed by atoms with Crippen molar-refractivity contribution < 1.29 is 4.79 Å². The number of carbonyl (C=O) groups is 1. The number of halogens is 1. The van der Waals surface area contributed by atoms with Crippen LogP contribution in [-0.2, 0) is 4.79 Å². The van der Waals surface area contributed by atoms with Crippen molar-refractivity contribution in [1.82, 2.24) is 10.2 Å². The monoisotopic (exact) mass is 239 g/mol. The van der Waals surface area contributed by atoms with Crippen LogP contribution < -0.4 is 5.32 Å². The zero-order valence-corrected chi connectivity index (χ0v) is 9.70. The van der Waals surface area contributed by atoms with Crippen LogP contribution >= 0.6 is 11.6 Å². The summed E-state index contributed by atoms with van der Waals surface area (Å²) in [7, 11) is 0. The van der Waals surface area contributed by atoms with Crippen molar-refractivity contribution in [3.63, 3.8) is 0 Å². The number of hydrogen-bond acceptors (Lipinski definition) is 3. The average Bonchev–Trinajstić information content (AvgIpc) is 2.74. The first-order valence-electron chi connectivity index (χ1n) is 5.53. The number of anilines is 1. The van der Waals surface area contributed by atoms with Crippen LogP contribution in [0.15, 0.2) is 12.1 Å². The number of nitrogens with one attached hydrogen (secondary N) is 1. The lowest BCUT2D eigenvalue weighted by Gasteiger charge is -2.08. The molecule has 1 saturated carbocycles. The molecule has 16 heavy (non-hydrogen) atoms. The normalized spacial score (nSPS) is 16.3. The first-order valence-corrected chi connectivity index (χ1v) is 5.91. The molecule has 0 aliphatic heterocycles. The predicted molar refractivity (Wildman–Crippen MR) is 62.2 cm³/mol. The van der Waals surface area contributed by atoms with Gasteiger partial charge in [0.2, 0.25) is 5.91 Å². The molecule has 2 rings (SSSR count). The van der Waals surface area contributed by atoms with Gasteiger partial charge in [0.25, 0.3) is 0 Å². The molecule has 1 aromatic rings. The van der Waals surface area contributed by atoms with Crippen LogP contribution in [0.4, 0.5) is 5.82 Å². The largest absolute Gasteiger partial charge is 0.309 e. The molecule has 0 saturated heterocycles. The molecule has 4 nitrogen and oxygen atoms in total. The highest BCUT2D eigenvalue weighted by molar-refractivity contribution is 6.29. The summed E-state index contributed by atoms with van der Waals surface area (Å²) in [4.78, 5) is 11.6. The van der Waals surface area contributed by atoms with E-state index in [1.165, 1.54) is 25.7 Å². The summed E-state index contributed by atoms with van der Waals surface area (Å²) >= 11 is 5.60. The SMILES string of the molecule is O=C(CC1CCCC1)Nc1ccc(Cl)nn1. The van der Waals surface area contributed by atoms with E-state index in [2.05, 4.69) is 15.5 Å². The van der Waals surface area contributed by atoms with Crippen LogP contribution in [0.3, 0.4) is 0 Å². The Kier molecular flexibility index (Phi) is 3.72. The van der Waals surface area contributed by atoms with Crippen LogP contribution in [-0.4, -0.2) is 16.1 Å². The maximum atomic E-state index is 11.6. The van der Waals surface area contributed by atoms with Gasteiger partial charge in [-0.15, -0.1) is 10.2 Å². The van der Waals surface area contributed by atoms with Crippen LogP contribution in [0, 0.1) is 5.92 Å². The predicted octanol–water partition coefficient (Wildman–Crippen LogP) is 2.65. The molecule has 1 aromatic heterocycles. The van der Waals surface area contributed by atoms with E-state index in [1.54, 1.807) is 12.1 Å². The molecule has 1 N–H and O–H groups in total. The van der Waals surface area contributed by atoms with Gasteiger partial charge in [-0.1, -0.05) is 24.4 Å². The van der Waals surface area contributed by atoms with E-state index in [0.29, 0.717) is 23.3 Å². The van der Waals surface area contributed by atoms with Gasteiger partial charge in [-0.2, -0.15) is 0 Å². The number of amides is 1. The first-order chi connectivity index (χ1) is 7.74. The molecule has 0 unspecified atom stereocenters. The Morgan fingerprint density at radius 3 is 2.75 bits per heavy atom. The highest BCUT2D eigenvalue weighted by atomic mass is 35.5. The molecule has 1 heterocycles. The minimum absolute atomic E-state index is 0.0172. The van der Waals surface area contributed by atoms with Gasteiger partial charge >= 0.3 is 0 Å². The smallest absolute Gasteiger partial charge is 0.225 e. The van der Waals surface area contributed by atoms with Gasteiger partial charge in [0.05, 0.1) is 0 Å². The second-order valence-corrected chi connectivity index (χ2v) is 4.53. The fourth-order valence-electron chi connectivity index (χ4n) is 2.05. The second-order valence-electron chi connectivity index (χ2n) is 4.14. The Balaban J connectivity index is 1.84. The Morgan fingerprint density at radius 1 is 1.38 bits per heavy atom. The van der Waals surface area contributed by atoms with Crippen LogP contribution in [0.25, 0.3) is 0 Å². The van der Waals surface area contributed by atoms with Crippen molar-refractivity contribution in [1.29, 1.82) is 0 Å². The van der Waals surface area contributed by atoms with Gasteiger partial charge in [0.15, 0.2) is 11.0 Å². The van der Waals surface area contributed by atoms with Crippen molar-refractivity contribution in [2.24, 2.45) is 5.92 Å². The summed E-state index contributed by atoms with van der Waals surface area (Å²) in [5, 5.41) is 10.5. The summed E-state index contributed by atoms with van der Waals surface area (Å²) in [6.07, 6.45) is 5.42. The van der Waals surface area contributed by atoms with Crippen molar-refractivity contribution >= 4 is 23.3 Å². The molecule has 1 aliphatic carbocycles. The molecule has 1 aliphatic rings. The lowest BCUT2D eigenvalue weighted by Crippen LogP contribution is -2.16. The summed E-state index contributed by atoms with van der Waals surface area (Å²) in [5.74, 6) is 1.02. The molecule has 5 heteroatoms. The third kappa shape index (κ3) is 3.17. The Hall–Kier alpha value is -1.16. The molecular weight excluding hydrogens is 226 g/mol. The molecule has 1 fully saturated rings. The highest BCUT2D eigenvalue weighted by Crippen LogP contribution is 2.27. The van der Waals surface area contributed by atoms with E-state index in [4.69, 9.17) is 11.6 Å². The average molecular weight is 240 g/mol. The summed E-state index contributed by atoms with van der Waals surface area (Å²) in [6, 6.07) is 3.27. The van der Waals surface area contributed by atoms with Crippen molar-refractivity contribution in [3.8, 4) is 0 Å². The van der Waals surface area contributed by atoms with E-state index in [-0.39, 0.29) is 5.91 Å². The molecule has 0 aromatic carbocycles. The maximum absolute atomic E-state index is 11.6. The first kappa shape index (κ1) is 11.3. The number of aromatic nitrogens is 2. The topological polar surface area (TPSA) is 54.9 Å². The fraction of sp³-hybridized carbons (Fsp3) is 0.545. The minimum atomic E-state index is 0.0172. The van der Waals surface area contributed by atoms with E-state index >= 15 is 0 Å². The number of carbonyl (C=O) groups excluding carboxylic acids is 1. The fourth-order valence-corrected chi connectivity index (χ4v) is 2.15. The summed E-state index contributed by atoms with van der Waals surface area (Å²) < 4.78 is 0. The molecule has 1 amide bonds. The van der Waals surface area contributed by atoms with Crippen molar-refractivity contribution in [2.75, 3.05) is 5.32 Å². The van der Waals surface area contributed by atoms with Gasteiger partial charge < -0.3 is 5.32 Å². The molecule has 0 bridgehead atoms. The Morgan fingerprint density at radius 2 is 2.12 bits per heavy atom. The van der Waals surface area contributed by atoms with E-state index in [9.17, 15) is 4.79 Å². The van der Waals surface area contributed by atoms with E-state index < -0.39 is 0 Å². The quantitative estimate of drug-likeness (QED) is 0.882. The van der Waals surface area contributed by atoms with Gasteiger partial charge in [-0.25, -0.2) is 0 Å². The number of hydrogen-bond donors (Lipinski definition) is 1. The number of rotatable bonds is 3. The Labute approximate surface area is 99.4 Å². The van der Waals surface area contributed by atoms with Gasteiger partial charge in [0.1, 0.15) is 0 Å². The van der Waals surface area contributed by atoms with Crippen LogP contribution in [0.5, 0.6) is 0 Å². The molecule has 86 valence electrons. The molecular formula is C11H14ClN3O. The maximum Gasteiger partial charge on any atom is 0.225 e. The molecule has 0 atom stereocenters. The van der Waals surface area contributed by atoms with Gasteiger partial charge in [0, 0.05) is 6.42 Å². The van der Waals surface area contributed by atoms with Crippen LogP contribution in [0.2, 0.25) is 5.15 Å². The molecule has 0 radical (unpaired) electrons. The lowest BCUT2D eigenvalue weighted by molar-refractivity contribution is -0.117. The third-order valence-electron chi connectivity index (χ3n) is 2.85. The van der Waals surface area contributed by atoms with E-state index in [1.807, 2.05) is 0 Å².